The Morgan fingerprint density at radius 3 is 2.88 bits per heavy atom. The zero-order valence-electron chi connectivity index (χ0n) is 15.6. The van der Waals surface area contributed by atoms with E-state index in [1.54, 1.807) is 16.8 Å². The predicted octanol–water partition coefficient (Wildman–Crippen LogP) is 2.25. The summed E-state index contributed by atoms with van der Waals surface area (Å²) in [7, 11) is 1.81. The Bertz CT molecular complexity index is 775. The van der Waals surface area contributed by atoms with Crippen molar-refractivity contribution >= 4 is 17.0 Å². The summed E-state index contributed by atoms with van der Waals surface area (Å²) in [5.74, 6) is 0.959. The third kappa shape index (κ3) is 4.64. The monoisotopic (exact) mass is 363 g/mol. The van der Waals surface area contributed by atoms with Crippen LogP contribution < -0.4 is 14.8 Å². The maximum atomic E-state index is 11.9. The summed E-state index contributed by atoms with van der Waals surface area (Å²) in [6.45, 7) is 7.77. The number of hydrogen-bond donors (Lipinski definition) is 1. The SMILES string of the molecule is Cn1nc(OC[C@@H]2COCCO2)c2ccc(OC(=O)NC(C)(C)C)cc21. The Morgan fingerprint density at radius 2 is 2.19 bits per heavy atom. The fourth-order valence-corrected chi connectivity index (χ4v) is 2.62. The summed E-state index contributed by atoms with van der Waals surface area (Å²) >= 11 is 0. The molecule has 0 spiro atoms. The lowest BCUT2D eigenvalue weighted by atomic mass is 10.1. The smallest absolute Gasteiger partial charge is 0.413 e. The van der Waals surface area contributed by atoms with E-state index in [4.69, 9.17) is 18.9 Å². The van der Waals surface area contributed by atoms with Crippen LogP contribution in [0.25, 0.3) is 10.9 Å². The number of ether oxygens (including phenoxy) is 4. The first-order valence-corrected chi connectivity index (χ1v) is 8.61. The molecule has 1 aliphatic rings. The number of nitrogens with one attached hydrogen (secondary N) is 1. The van der Waals surface area contributed by atoms with Gasteiger partial charge in [0, 0.05) is 18.7 Å². The minimum Gasteiger partial charge on any atom is -0.473 e. The highest BCUT2D eigenvalue weighted by molar-refractivity contribution is 5.86. The van der Waals surface area contributed by atoms with E-state index in [1.807, 2.05) is 33.9 Å². The normalized spacial score (nSPS) is 17.9. The lowest BCUT2D eigenvalue weighted by Gasteiger charge is -2.22. The van der Waals surface area contributed by atoms with E-state index in [1.165, 1.54) is 0 Å². The van der Waals surface area contributed by atoms with Gasteiger partial charge in [-0.15, -0.1) is 5.10 Å². The Balaban J connectivity index is 1.70. The topological polar surface area (TPSA) is 83.8 Å². The zero-order valence-corrected chi connectivity index (χ0v) is 15.6. The number of aromatic nitrogens is 2. The molecule has 1 aliphatic heterocycles. The van der Waals surface area contributed by atoms with Gasteiger partial charge < -0.3 is 24.3 Å². The second kappa shape index (κ2) is 7.51. The number of rotatable bonds is 4. The number of nitrogens with zero attached hydrogens (tertiary/aromatic N) is 2. The number of aryl methyl sites for hydroxylation is 1. The van der Waals surface area contributed by atoms with Crippen molar-refractivity contribution in [1.29, 1.82) is 0 Å². The van der Waals surface area contributed by atoms with Crippen molar-refractivity contribution in [3.8, 4) is 11.6 Å². The van der Waals surface area contributed by atoms with Crippen LogP contribution in [0.3, 0.4) is 0 Å². The Morgan fingerprint density at radius 1 is 1.38 bits per heavy atom. The van der Waals surface area contributed by atoms with Crippen LogP contribution in [0.4, 0.5) is 4.79 Å². The molecule has 0 unspecified atom stereocenters. The first-order chi connectivity index (χ1) is 12.3. The number of amides is 1. The molecule has 142 valence electrons. The average molecular weight is 363 g/mol. The molecule has 0 aliphatic carbocycles. The number of carbonyl (C=O) groups excluding carboxylic acids is 1. The van der Waals surface area contributed by atoms with Gasteiger partial charge >= 0.3 is 6.09 Å². The van der Waals surface area contributed by atoms with Crippen molar-refractivity contribution in [2.45, 2.75) is 32.4 Å². The number of carbonyl (C=O) groups is 1. The van der Waals surface area contributed by atoms with Crippen LogP contribution in [0.5, 0.6) is 11.6 Å². The van der Waals surface area contributed by atoms with Crippen molar-refractivity contribution in [3.63, 3.8) is 0 Å². The number of hydrogen-bond acceptors (Lipinski definition) is 6. The molecule has 2 heterocycles. The molecule has 8 heteroatoms. The van der Waals surface area contributed by atoms with Gasteiger partial charge in [0.2, 0.25) is 5.88 Å². The van der Waals surface area contributed by atoms with Crippen molar-refractivity contribution in [1.82, 2.24) is 15.1 Å². The molecule has 26 heavy (non-hydrogen) atoms. The van der Waals surface area contributed by atoms with Gasteiger partial charge in [0.05, 0.1) is 30.7 Å². The van der Waals surface area contributed by atoms with Crippen LogP contribution in [0.1, 0.15) is 20.8 Å². The maximum Gasteiger partial charge on any atom is 0.413 e. The van der Waals surface area contributed by atoms with Gasteiger partial charge in [0.25, 0.3) is 0 Å². The predicted molar refractivity (Wildman–Crippen MR) is 95.7 cm³/mol. The Labute approximate surface area is 152 Å². The van der Waals surface area contributed by atoms with Crippen LogP contribution in [0, 0.1) is 0 Å². The molecule has 8 nitrogen and oxygen atoms in total. The van der Waals surface area contributed by atoms with E-state index in [-0.39, 0.29) is 11.6 Å². The minimum absolute atomic E-state index is 0.0930. The fourth-order valence-electron chi connectivity index (χ4n) is 2.62. The van der Waals surface area contributed by atoms with Gasteiger partial charge in [-0.25, -0.2) is 4.79 Å². The number of benzene rings is 1. The molecule has 0 bridgehead atoms. The highest BCUT2D eigenvalue weighted by Crippen LogP contribution is 2.28. The third-order valence-corrected chi connectivity index (χ3v) is 3.77. The standard InChI is InChI=1S/C18H25N3O5/c1-18(2,3)19-17(22)26-12-5-6-14-15(9-12)21(4)20-16(14)25-11-13-10-23-7-8-24-13/h5-6,9,13H,7-8,10-11H2,1-4H3,(H,19,22)/t13-/m0/s1. The summed E-state index contributed by atoms with van der Waals surface area (Å²) in [5.41, 5.74) is 0.446. The van der Waals surface area contributed by atoms with Gasteiger partial charge in [0.15, 0.2) is 0 Å². The molecule has 1 amide bonds. The largest absolute Gasteiger partial charge is 0.473 e. The summed E-state index contributed by atoms with van der Waals surface area (Å²) in [6.07, 6.45) is -0.588. The Hall–Kier alpha value is -2.32. The lowest BCUT2D eigenvalue weighted by molar-refractivity contribution is -0.101. The van der Waals surface area contributed by atoms with Crippen molar-refractivity contribution < 1.29 is 23.7 Å². The van der Waals surface area contributed by atoms with E-state index in [0.717, 1.165) is 10.9 Å². The molecule has 2 aromatic rings. The number of fused-ring (bicyclic) bond motifs is 1. The summed E-state index contributed by atoms with van der Waals surface area (Å²) in [5, 5.41) is 7.99. The summed E-state index contributed by atoms with van der Waals surface area (Å²) in [6, 6.07) is 5.31. The molecule has 1 N–H and O–H groups in total. The van der Waals surface area contributed by atoms with E-state index in [2.05, 4.69) is 10.4 Å². The molecule has 1 aromatic heterocycles. The van der Waals surface area contributed by atoms with Gasteiger partial charge in [-0.05, 0) is 32.9 Å². The van der Waals surface area contributed by atoms with Gasteiger partial charge in [0.1, 0.15) is 18.5 Å². The first kappa shape index (κ1) is 18.5. The van der Waals surface area contributed by atoms with E-state index < -0.39 is 6.09 Å². The molecule has 1 aromatic carbocycles. The molecule has 1 saturated heterocycles. The molecule has 0 radical (unpaired) electrons. The fraction of sp³-hybridized carbons (Fsp3) is 0.556. The maximum absolute atomic E-state index is 11.9. The molecule has 1 atom stereocenters. The van der Waals surface area contributed by atoms with Crippen molar-refractivity contribution in [2.75, 3.05) is 26.4 Å². The third-order valence-electron chi connectivity index (χ3n) is 3.77. The van der Waals surface area contributed by atoms with Crippen LogP contribution in [0.2, 0.25) is 0 Å². The van der Waals surface area contributed by atoms with Crippen LogP contribution in [-0.4, -0.2) is 53.9 Å². The molecular weight excluding hydrogens is 338 g/mol. The van der Waals surface area contributed by atoms with Crippen molar-refractivity contribution in [2.24, 2.45) is 7.05 Å². The lowest BCUT2D eigenvalue weighted by Crippen LogP contribution is -2.42. The van der Waals surface area contributed by atoms with Gasteiger partial charge in [-0.2, -0.15) is 0 Å². The highest BCUT2D eigenvalue weighted by atomic mass is 16.6. The summed E-state index contributed by atoms with van der Waals surface area (Å²) < 4.78 is 23.8. The quantitative estimate of drug-likeness (QED) is 0.897. The zero-order chi connectivity index (χ0) is 18.7. The summed E-state index contributed by atoms with van der Waals surface area (Å²) in [4.78, 5) is 11.9. The van der Waals surface area contributed by atoms with E-state index >= 15 is 0 Å². The van der Waals surface area contributed by atoms with Gasteiger partial charge in [-0.1, -0.05) is 0 Å². The molecule has 3 rings (SSSR count). The second-order valence-electron chi connectivity index (χ2n) is 7.25. The molecular formula is C18H25N3O5. The molecule has 0 saturated carbocycles. The average Bonchev–Trinajstić information content (AvgIpc) is 2.88. The van der Waals surface area contributed by atoms with E-state index in [9.17, 15) is 4.79 Å². The first-order valence-electron chi connectivity index (χ1n) is 8.61. The van der Waals surface area contributed by atoms with Gasteiger partial charge in [-0.3, -0.25) is 4.68 Å². The van der Waals surface area contributed by atoms with Crippen LogP contribution in [0.15, 0.2) is 18.2 Å². The van der Waals surface area contributed by atoms with Crippen LogP contribution >= 0.6 is 0 Å². The van der Waals surface area contributed by atoms with Crippen LogP contribution in [-0.2, 0) is 16.5 Å². The molecule has 1 fully saturated rings. The Kier molecular flexibility index (Phi) is 5.33. The second-order valence-corrected chi connectivity index (χ2v) is 7.25. The van der Waals surface area contributed by atoms with E-state index in [0.29, 0.717) is 38.1 Å². The minimum atomic E-state index is -0.495. The van der Waals surface area contributed by atoms with Crippen molar-refractivity contribution in [3.05, 3.63) is 18.2 Å². The highest BCUT2D eigenvalue weighted by Gasteiger charge is 2.19.